The SMILES string of the molecule is CCC(=O)O[C@H]1[C@H]2C(=C(O)[C@]3(O)C(=O)C(C(N)=O)=C(O)C[C@H]13)C(=O)c1c(O)cccc1[C@@H]2C. The van der Waals surface area contributed by atoms with Crippen molar-refractivity contribution in [3.05, 3.63) is 52.0 Å². The van der Waals surface area contributed by atoms with Crippen molar-refractivity contribution in [2.45, 2.75) is 44.3 Å². The van der Waals surface area contributed by atoms with E-state index in [1.807, 2.05) is 0 Å². The van der Waals surface area contributed by atoms with Crippen molar-refractivity contribution in [1.82, 2.24) is 0 Å². The van der Waals surface area contributed by atoms with E-state index in [1.54, 1.807) is 13.0 Å². The number of hydrogen-bond acceptors (Lipinski definition) is 9. The Morgan fingerprint density at radius 1 is 1.21 bits per heavy atom. The molecule has 1 aromatic carbocycles. The maximum Gasteiger partial charge on any atom is 0.305 e. The molecular weight excluding hydrogens is 434 g/mol. The van der Waals surface area contributed by atoms with Gasteiger partial charge in [-0.3, -0.25) is 19.2 Å². The van der Waals surface area contributed by atoms with Crippen LogP contribution in [0.2, 0.25) is 0 Å². The van der Waals surface area contributed by atoms with Gasteiger partial charge >= 0.3 is 5.97 Å². The molecule has 10 heteroatoms. The van der Waals surface area contributed by atoms with Gasteiger partial charge in [-0.2, -0.15) is 0 Å². The molecule has 174 valence electrons. The van der Waals surface area contributed by atoms with E-state index in [2.05, 4.69) is 0 Å². The molecule has 5 atom stereocenters. The summed E-state index contributed by atoms with van der Waals surface area (Å²) in [5.74, 6) is -9.32. The Bertz CT molecular complexity index is 1180. The molecule has 0 heterocycles. The van der Waals surface area contributed by atoms with Gasteiger partial charge in [-0.25, -0.2) is 0 Å². The summed E-state index contributed by atoms with van der Waals surface area (Å²) in [6.45, 7) is 3.22. The third-order valence-electron chi connectivity index (χ3n) is 6.89. The molecule has 6 N–H and O–H groups in total. The number of esters is 1. The Morgan fingerprint density at radius 3 is 2.48 bits per heavy atom. The zero-order valence-electron chi connectivity index (χ0n) is 17.9. The van der Waals surface area contributed by atoms with Gasteiger partial charge in [0.1, 0.15) is 28.9 Å². The number of phenols is 1. The highest BCUT2D eigenvalue weighted by atomic mass is 16.5. The molecule has 1 amide bonds. The second kappa shape index (κ2) is 7.45. The number of carbonyl (C=O) groups is 4. The number of fused-ring (bicyclic) bond motifs is 3. The van der Waals surface area contributed by atoms with Crippen molar-refractivity contribution in [2.24, 2.45) is 17.6 Å². The molecule has 0 spiro atoms. The zero-order chi connectivity index (χ0) is 24.4. The Balaban J connectivity index is 2.03. The highest BCUT2D eigenvalue weighted by Gasteiger charge is 2.65. The highest BCUT2D eigenvalue weighted by molar-refractivity contribution is 6.24. The first-order chi connectivity index (χ1) is 15.5. The van der Waals surface area contributed by atoms with Crippen LogP contribution in [-0.2, 0) is 19.1 Å². The number of ether oxygens (including phenoxy) is 1. The van der Waals surface area contributed by atoms with Gasteiger partial charge in [0.2, 0.25) is 5.78 Å². The van der Waals surface area contributed by atoms with Crippen molar-refractivity contribution in [1.29, 1.82) is 0 Å². The number of phenolic OH excluding ortho intramolecular Hbond substituents is 1. The van der Waals surface area contributed by atoms with Gasteiger partial charge in [-0.05, 0) is 17.5 Å². The summed E-state index contributed by atoms with van der Waals surface area (Å²) in [6, 6.07) is 4.43. The molecule has 0 bridgehead atoms. The third kappa shape index (κ3) is 2.90. The lowest BCUT2D eigenvalue weighted by Crippen LogP contribution is -2.63. The summed E-state index contributed by atoms with van der Waals surface area (Å²) in [6.07, 6.45) is -1.88. The lowest BCUT2D eigenvalue weighted by Gasteiger charge is -2.51. The van der Waals surface area contributed by atoms with E-state index in [-0.39, 0.29) is 17.7 Å². The smallest absolute Gasteiger partial charge is 0.305 e. The lowest BCUT2D eigenvalue weighted by molar-refractivity contribution is -0.174. The first kappa shape index (κ1) is 22.5. The highest BCUT2D eigenvalue weighted by Crippen LogP contribution is 2.55. The van der Waals surface area contributed by atoms with Gasteiger partial charge in [0.15, 0.2) is 11.4 Å². The van der Waals surface area contributed by atoms with Gasteiger partial charge in [0.25, 0.3) is 5.91 Å². The molecule has 33 heavy (non-hydrogen) atoms. The molecule has 0 saturated carbocycles. The number of aliphatic hydroxyl groups is 3. The van der Waals surface area contributed by atoms with Crippen LogP contribution in [0, 0.1) is 11.8 Å². The van der Waals surface area contributed by atoms with Gasteiger partial charge in [0.05, 0.1) is 5.56 Å². The largest absolute Gasteiger partial charge is 0.511 e. The number of hydrogen-bond donors (Lipinski definition) is 5. The van der Waals surface area contributed by atoms with Crippen LogP contribution in [0.15, 0.2) is 40.9 Å². The Kier molecular flexibility index (Phi) is 5.08. The first-order valence-corrected chi connectivity index (χ1v) is 10.4. The number of primary amides is 1. The maximum absolute atomic E-state index is 13.4. The summed E-state index contributed by atoms with van der Waals surface area (Å²) in [5, 5.41) is 43.3. The topological polar surface area (TPSA) is 184 Å². The normalized spacial score (nSPS) is 31.0. The fraction of sp³-hybridized carbons (Fsp3) is 0.391. The summed E-state index contributed by atoms with van der Waals surface area (Å²) >= 11 is 0. The number of benzene rings is 1. The van der Waals surface area contributed by atoms with Crippen LogP contribution in [0.3, 0.4) is 0 Å². The minimum absolute atomic E-state index is 0.0542. The minimum Gasteiger partial charge on any atom is -0.511 e. The van der Waals surface area contributed by atoms with E-state index < -0.39 is 82.0 Å². The van der Waals surface area contributed by atoms with Gasteiger partial charge in [-0.15, -0.1) is 0 Å². The third-order valence-corrected chi connectivity index (χ3v) is 6.89. The average Bonchev–Trinajstić information content (AvgIpc) is 2.75. The fourth-order valence-electron chi connectivity index (χ4n) is 5.31. The first-order valence-electron chi connectivity index (χ1n) is 10.4. The standard InChI is InChI=1S/C23H23NO9/c1-3-13(27)33-19-10-7-12(26)16(22(24)31)20(29)23(10,32)21(30)17-14(19)8(2)9-5-4-6-11(25)15(9)18(17)28/h4-6,8,10,14,19,25-26,30,32H,3,7H2,1-2H3,(H2,24,31)/t8-,10+,14+,19+,23+/m0/s1. The number of aliphatic hydroxyl groups excluding tert-OH is 2. The van der Waals surface area contributed by atoms with Crippen LogP contribution in [0.5, 0.6) is 5.75 Å². The molecule has 0 saturated heterocycles. The van der Waals surface area contributed by atoms with Gasteiger partial charge < -0.3 is 30.9 Å². The van der Waals surface area contributed by atoms with E-state index in [4.69, 9.17) is 10.5 Å². The number of aromatic hydroxyl groups is 1. The van der Waals surface area contributed by atoms with Crippen LogP contribution >= 0.6 is 0 Å². The Labute approximate surface area is 188 Å². The molecular formula is C23H23NO9. The second-order valence-corrected chi connectivity index (χ2v) is 8.55. The number of carbonyl (C=O) groups excluding carboxylic acids is 4. The van der Waals surface area contributed by atoms with Crippen LogP contribution in [0.4, 0.5) is 0 Å². The van der Waals surface area contributed by atoms with Gasteiger partial charge in [-0.1, -0.05) is 26.0 Å². The molecule has 3 aliphatic carbocycles. The van der Waals surface area contributed by atoms with Crippen molar-refractivity contribution in [3.8, 4) is 5.75 Å². The van der Waals surface area contributed by atoms with Gasteiger partial charge in [0, 0.05) is 30.3 Å². The quantitative estimate of drug-likeness (QED) is 0.327. The van der Waals surface area contributed by atoms with Crippen molar-refractivity contribution in [2.75, 3.05) is 0 Å². The number of nitrogens with two attached hydrogens (primary N) is 1. The zero-order valence-corrected chi connectivity index (χ0v) is 17.9. The number of ketones is 2. The Morgan fingerprint density at radius 2 is 1.88 bits per heavy atom. The van der Waals surface area contributed by atoms with Crippen LogP contribution in [0.1, 0.15) is 48.5 Å². The number of rotatable bonds is 3. The number of Topliss-reactive ketones (excluding diaryl/α,β-unsaturated/α-hetero) is 2. The van der Waals surface area contributed by atoms with E-state index in [0.717, 1.165) is 0 Å². The molecule has 4 rings (SSSR count). The average molecular weight is 457 g/mol. The predicted molar refractivity (Wildman–Crippen MR) is 111 cm³/mol. The molecule has 0 aromatic heterocycles. The molecule has 0 fully saturated rings. The Hall–Kier alpha value is -3.66. The minimum atomic E-state index is -2.85. The number of amides is 1. The summed E-state index contributed by atoms with van der Waals surface area (Å²) in [7, 11) is 0. The predicted octanol–water partition coefficient (Wildman–Crippen LogP) is 1.07. The molecule has 0 radical (unpaired) electrons. The monoisotopic (exact) mass is 457 g/mol. The van der Waals surface area contributed by atoms with Crippen LogP contribution < -0.4 is 5.73 Å². The molecule has 0 aliphatic heterocycles. The summed E-state index contributed by atoms with van der Waals surface area (Å²) < 4.78 is 5.59. The maximum atomic E-state index is 13.4. The second-order valence-electron chi connectivity index (χ2n) is 8.55. The van der Waals surface area contributed by atoms with Crippen molar-refractivity contribution < 1.29 is 44.3 Å². The molecule has 10 nitrogen and oxygen atoms in total. The fourth-order valence-corrected chi connectivity index (χ4v) is 5.31. The summed E-state index contributed by atoms with van der Waals surface area (Å²) in [5.41, 5.74) is 1.38. The summed E-state index contributed by atoms with van der Waals surface area (Å²) in [4.78, 5) is 50.7. The van der Waals surface area contributed by atoms with Crippen molar-refractivity contribution in [3.63, 3.8) is 0 Å². The van der Waals surface area contributed by atoms with E-state index in [0.29, 0.717) is 5.56 Å². The van der Waals surface area contributed by atoms with E-state index in [1.165, 1.54) is 19.1 Å². The van der Waals surface area contributed by atoms with E-state index >= 15 is 0 Å². The van der Waals surface area contributed by atoms with Crippen molar-refractivity contribution >= 4 is 23.4 Å². The lowest BCUT2D eigenvalue weighted by atomic mass is 9.56. The van der Waals surface area contributed by atoms with Crippen LogP contribution in [-0.4, -0.2) is 55.6 Å². The molecule has 0 unspecified atom stereocenters. The number of allylic oxidation sites excluding steroid dienone is 1. The molecule has 1 aromatic rings. The van der Waals surface area contributed by atoms with E-state index in [9.17, 15) is 39.6 Å². The molecule has 3 aliphatic rings. The van der Waals surface area contributed by atoms with Crippen LogP contribution in [0.25, 0.3) is 0 Å².